The number of methoxy groups -OCH3 is 1. The Morgan fingerprint density at radius 1 is 1.32 bits per heavy atom. The monoisotopic (exact) mass is 267 g/mol. The SMILES string of the molecule is COC(=O)/C=C1\CC2(CCC2)N1C(=O)OC(C)(C)C. The number of hydrogen-bond donors (Lipinski definition) is 0. The predicted molar refractivity (Wildman–Crippen MR) is 69.4 cm³/mol. The van der Waals surface area contributed by atoms with Gasteiger partial charge >= 0.3 is 12.1 Å². The maximum absolute atomic E-state index is 12.2. The third kappa shape index (κ3) is 2.60. The largest absolute Gasteiger partial charge is 0.466 e. The van der Waals surface area contributed by atoms with Crippen LogP contribution < -0.4 is 0 Å². The number of ether oxygens (including phenoxy) is 2. The lowest BCUT2D eigenvalue weighted by atomic mass is 9.66. The van der Waals surface area contributed by atoms with E-state index in [2.05, 4.69) is 4.74 Å². The second-order valence-corrected chi connectivity index (χ2v) is 6.23. The molecule has 5 heteroatoms. The van der Waals surface area contributed by atoms with Crippen LogP contribution in [0.1, 0.15) is 46.5 Å². The minimum atomic E-state index is -0.534. The zero-order valence-electron chi connectivity index (χ0n) is 12.0. The number of esters is 1. The molecule has 1 aliphatic carbocycles. The number of amides is 1. The fourth-order valence-electron chi connectivity index (χ4n) is 2.62. The standard InChI is InChI=1S/C14H21NO4/c1-13(2,3)19-12(17)15-10(8-11(16)18-4)9-14(15)6-5-7-14/h8H,5-7,9H2,1-4H3/b10-8+. The Bertz CT molecular complexity index is 429. The van der Waals surface area contributed by atoms with E-state index in [-0.39, 0.29) is 11.6 Å². The van der Waals surface area contributed by atoms with E-state index in [0.29, 0.717) is 5.70 Å². The van der Waals surface area contributed by atoms with Gasteiger partial charge in [-0.25, -0.2) is 9.59 Å². The lowest BCUT2D eigenvalue weighted by Crippen LogP contribution is -2.64. The molecule has 1 spiro atoms. The third-order valence-corrected chi connectivity index (χ3v) is 3.62. The van der Waals surface area contributed by atoms with Crippen molar-refractivity contribution in [3.8, 4) is 0 Å². The van der Waals surface area contributed by atoms with Gasteiger partial charge in [-0.3, -0.25) is 4.90 Å². The van der Waals surface area contributed by atoms with Crippen LogP contribution in [0.25, 0.3) is 0 Å². The van der Waals surface area contributed by atoms with E-state index >= 15 is 0 Å². The molecule has 2 aliphatic rings. The van der Waals surface area contributed by atoms with Gasteiger partial charge in [-0.2, -0.15) is 0 Å². The first-order chi connectivity index (χ1) is 8.77. The molecule has 0 aromatic carbocycles. The predicted octanol–water partition coefficient (Wildman–Crippen LogP) is 2.61. The highest BCUT2D eigenvalue weighted by atomic mass is 16.6. The molecular formula is C14H21NO4. The van der Waals surface area contributed by atoms with Crippen LogP contribution in [0.15, 0.2) is 11.8 Å². The zero-order chi connectivity index (χ0) is 14.3. The fourth-order valence-corrected chi connectivity index (χ4v) is 2.62. The molecule has 0 unspecified atom stereocenters. The molecule has 0 radical (unpaired) electrons. The Balaban J connectivity index is 2.14. The highest BCUT2D eigenvalue weighted by molar-refractivity contribution is 5.85. The lowest BCUT2D eigenvalue weighted by molar-refractivity contribution is -0.135. The summed E-state index contributed by atoms with van der Waals surface area (Å²) in [6.45, 7) is 5.51. The molecule has 2 rings (SSSR count). The van der Waals surface area contributed by atoms with Gasteiger partial charge < -0.3 is 9.47 Å². The molecule has 1 saturated heterocycles. The topological polar surface area (TPSA) is 55.8 Å². The van der Waals surface area contributed by atoms with Crippen LogP contribution in [0, 0.1) is 0 Å². The molecule has 2 fully saturated rings. The van der Waals surface area contributed by atoms with Crippen molar-refractivity contribution in [2.75, 3.05) is 7.11 Å². The van der Waals surface area contributed by atoms with Gasteiger partial charge in [-0.1, -0.05) is 0 Å². The van der Waals surface area contributed by atoms with Crippen molar-refractivity contribution in [1.29, 1.82) is 0 Å². The molecule has 1 heterocycles. The van der Waals surface area contributed by atoms with Crippen molar-refractivity contribution >= 4 is 12.1 Å². The van der Waals surface area contributed by atoms with Gasteiger partial charge in [0.25, 0.3) is 0 Å². The summed E-state index contributed by atoms with van der Waals surface area (Å²) in [6, 6.07) is 0. The summed E-state index contributed by atoms with van der Waals surface area (Å²) in [5, 5.41) is 0. The number of likely N-dealkylation sites (tertiary alicyclic amines) is 1. The van der Waals surface area contributed by atoms with Crippen LogP contribution in [0.2, 0.25) is 0 Å². The average Bonchev–Trinajstić information content (AvgIpc) is 2.17. The molecule has 5 nitrogen and oxygen atoms in total. The molecule has 19 heavy (non-hydrogen) atoms. The molecule has 1 amide bonds. The molecular weight excluding hydrogens is 246 g/mol. The second kappa shape index (κ2) is 4.54. The van der Waals surface area contributed by atoms with Crippen LogP contribution in [0.4, 0.5) is 4.79 Å². The summed E-state index contributed by atoms with van der Waals surface area (Å²) < 4.78 is 10.0. The number of carbonyl (C=O) groups excluding carboxylic acids is 2. The van der Waals surface area contributed by atoms with Gasteiger partial charge in [-0.05, 0) is 40.0 Å². The molecule has 0 bridgehead atoms. The summed E-state index contributed by atoms with van der Waals surface area (Å²) >= 11 is 0. The first-order valence-electron chi connectivity index (χ1n) is 6.59. The molecule has 0 aromatic rings. The lowest BCUT2D eigenvalue weighted by Gasteiger charge is -2.59. The minimum absolute atomic E-state index is 0.109. The molecule has 0 atom stereocenters. The van der Waals surface area contributed by atoms with Crippen molar-refractivity contribution in [2.45, 2.75) is 57.6 Å². The number of hydrogen-bond acceptors (Lipinski definition) is 4. The van der Waals surface area contributed by atoms with Crippen molar-refractivity contribution in [1.82, 2.24) is 4.90 Å². The van der Waals surface area contributed by atoms with Crippen LogP contribution in [0.5, 0.6) is 0 Å². The van der Waals surface area contributed by atoms with Crippen LogP contribution in [0.3, 0.4) is 0 Å². The van der Waals surface area contributed by atoms with Gasteiger partial charge in [0.15, 0.2) is 0 Å². The zero-order valence-corrected chi connectivity index (χ0v) is 12.0. The first-order valence-corrected chi connectivity index (χ1v) is 6.59. The van der Waals surface area contributed by atoms with Gasteiger partial charge in [-0.15, -0.1) is 0 Å². The van der Waals surface area contributed by atoms with E-state index in [1.54, 1.807) is 4.90 Å². The summed E-state index contributed by atoms with van der Waals surface area (Å²) in [4.78, 5) is 25.2. The fraction of sp³-hybridized carbons (Fsp3) is 0.714. The van der Waals surface area contributed by atoms with Crippen LogP contribution in [-0.2, 0) is 14.3 Å². The Labute approximate surface area is 113 Å². The van der Waals surface area contributed by atoms with Gasteiger partial charge in [0.2, 0.25) is 0 Å². The third-order valence-electron chi connectivity index (χ3n) is 3.62. The maximum Gasteiger partial charge on any atom is 0.415 e. The number of carbonyl (C=O) groups is 2. The van der Waals surface area contributed by atoms with E-state index in [0.717, 1.165) is 25.7 Å². The molecule has 1 saturated carbocycles. The smallest absolute Gasteiger partial charge is 0.415 e. The Kier molecular flexibility index (Phi) is 3.32. The quantitative estimate of drug-likeness (QED) is 0.541. The molecule has 0 aromatic heterocycles. The average molecular weight is 267 g/mol. The highest BCUT2D eigenvalue weighted by Crippen LogP contribution is 2.53. The highest BCUT2D eigenvalue weighted by Gasteiger charge is 2.56. The second-order valence-electron chi connectivity index (χ2n) is 6.23. The van der Waals surface area contributed by atoms with E-state index < -0.39 is 11.6 Å². The summed E-state index contributed by atoms with van der Waals surface area (Å²) in [7, 11) is 1.33. The maximum atomic E-state index is 12.2. The summed E-state index contributed by atoms with van der Waals surface area (Å²) in [6.07, 6.45) is 4.84. The summed E-state index contributed by atoms with van der Waals surface area (Å²) in [5.41, 5.74) is 0.0525. The van der Waals surface area contributed by atoms with Gasteiger partial charge in [0.05, 0.1) is 12.6 Å². The van der Waals surface area contributed by atoms with Crippen LogP contribution in [-0.4, -0.2) is 35.2 Å². The molecule has 1 aliphatic heterocycles. The van der Waals surface area contributed by atoms with E-state index in [1.807, 2.05) is 20.8 Å². The number of nitrogens with zero attached hydrogens (tertiary/aromatic N) is 1. The Morgan fingerprint density at radius 2 is 1.95 bits per heavy atom. The Morgan fingerprint density at radius 3 is 2.37 bits per heavy atom. The van der Waals surface area contributed by atoms with E-state index in [9.17, 15) is 9.59 Å². The number of rotatable bonds is 1. The minimum Gasteiger partial charge on any atom is -0.466 e. The van der Waals surface area contributed by atoms with Crippen molar-refractivity contribution < 1.29 is 19.1 Å². The first kappa shape index (κ1) is 13.9. The van der Waals surface area contributed by atoms with Crippen molar-refractivity contribution in [3.05, 3.63) is 11.8 Å². The Hall–Kier alpha value is -1.52. The molecule has 0 N–H and O–H groups in total. The normalized spacial score (nSPS) is 22.7. The summed E-state index contributed by atoms with van der Waals surface area (Å²) in [5.74, 6) is -0.433. The van der Waals surface area contributed by atoms with Crippen molar-refractivity contribution in [2.24, 2.45) is 0 Å². The van der Waals surface area contributed by atoms with Crippen molar-refractivity contribution in [3.63, 3.8) is 0 Å². The van der Waals surface area contributed by atoms with Gasteiger partial charge in [0, 0.05) is 18.2 Å². The van der Waals surface area contributed by atoms with Crippen LogP contribution >= 0.6 is 0 Å². The van der Waals surface area contributed by atoms with E-state index in [4.69, 9.17) is 4.74 Å². The molecule has 106 valence electrons. The van der Waals surface area contributed by atoms with Gasteiger partial charge in [0.1, 0.15) is 5.60 Å². The van der Waals surface area contributed by atoms with E-state index in [1.165, 1.54) is 13.2 Å².